The lowest BCUT2D eigenvalue weighted by atomic mass is 9.94. The maximum absolute atomic E-state index is 10.3. The van der Waals surface area contributed by atoms with Crippen LogP contribution in [0.15, 0.2) is 24.7 Å². The summed E-state index contributed by atoms with van der Waals surface area (Å²) in [6.07, 6.45) is 6.94. The molecule has 7 nitrogen and oxygen atoms in total. The predicted octanol–water partition coefficient (Wildman–Crippen LogP) is 0.852. The fraction of sp³-hybridized carbons (Fsp3) is 0.611. The van der Waals surface area contributed by atoms with E-state index in [1.54, 1.807) is 12.4 Å². The van der Waals surface area contributed by atoms with E-state index in [-0.39, 0.29) is 6.04 Å². The van der Waals surface area contributed by atoms with E-state index < -0.39 is 6.23 Å². The average molecular weight is 342 g/mol. The molecular formula is C18H26N6O. The smallest absolute Gasteiger partial charge is 0.180 e. The minimum atomic E-state index is -0.390. The van der Waals surface area contributed by atoms with Crippen molar-refractivity contribution in [1.29, 1.82) is 0 Å². The van der Waals surface area contributed by atoms with Crippen molar-refractivity contribution >= 4 is 16.9 Å². The number of hydrogen-bond acceptors (Lipinski definition) is 7. The molecule has 2 saturated heterocycles. The summed E-state index contributed by atoms with van der Waals surface area (Å²) in [4.78, 5) is 17.5. The summed E-state index contributed by atoms with van der Waals surface area (Å²) in [7, 11) is 1.98. The van der Waals surface area contributed by atoms with Crippen molar-refractivity contribution in [3.63, 3.8) is 0 Å². The molecule has 0 amide bonds. The van der Waals surface area contributed by atoms with Crippen LogP contribution < -0.4 is 10.2 Å². The lowest BCUT2D eigenvalue weighted by Crippen LogP contribution is -2.54. The Morgan fingerprint density at radius 3 is 2.76 bits per heavy atom. The minimum absolute atomic E-state index is 0.149. The number of anilines is 1. The molecule has 0 radical (unpaired) electrons. The summed E-state index contributed by atoms with van der Waals surface area (Å²) in [5.41, 5.74) is 2.65. The highest BCUT2D eigenvalue weighted by molar-refractivity contribution is 5.85. The van der Waals surface area contributed by atoms with Crippen LogP contribution in [-0.2, 0) is 0 Å². The Labute approximate surface area is 148 Å². The quantitative estimate of drug-likeness (QED) is 0.856. The van der Waals surface area contributed by atoms with Crippen LogP contribution in [0.3, 0.4) is 0 Å². The van der Waals surface area contributed by atoms with Crippen LogP contribution in [0.4, 0.5) is 5.69 Å². The molecular weight excluding hydrogens is 316 g/mol. The Balaban J connectivity index is 1.54. The van der Waals surface area contributed by atoms with E-state index in [0.717, 1.165) is 43.7 Å². The molecule has 0 aliphatic carbocycles. The Morgan fingerprint density at radius 2 is 1.96 bits per heavy atom. The first-order valence-electron chi connectivity index (χ1n) is 9.07. The Bertz CT molecular complexity index is 735. The molecule has 0 aromatic carbocycles. The maximum Gasteiger partial charge on any atom is 0.180 e. The first kappa shape index (κ1) is 16.6. The van der Waals surface area contributed by atoms with Gasteiger partial charge in [-0.2, -0.15) is 0 Å². The zero-order valence-corrected chi connectivity index (χ0v) is 14.8. The van der Waals surface area contributed by atoms with Gasteiger partial charge in [-0.15, -0.1) is 0 Å². The van der Waals surface area contributed by atoms with Gasteiger partial charge in [-0.05, 0) is 31.9 Å². The van der Waals surface area contributed by atoms with Crippen molar-refractivity contribution < 1.29 is 5.11 Å². The summed E-state index contributed by atoms with van der Waals surface area (Å²) in [6, 6.07) is 2.54. The van der Waals surface area contributed by atoms with Crippen molar-refractivity contribution in [2.24, 2.45) is 5.92 Å². The van der Waals surface area contributed by atoms with Gasteiger partial charge in [-0.25, -0.2) is 15.0 Å². The fourth-order valence-corrected chi connectivity index (χ4v) is 4.19. The molecule has 2 aromatic heterocycles. The molecule has 2 N–H and O–H groups in total. The average Bonchev–Trinajstić information content (AvgIpc) is 2.93. The van der Waals surface area contributed by atoms with E-state index in [0.29, 0.717) is 17.6 Å². The molecule has 0 spiro atoms. The third-order valence-corrected chi connectivity index (χ3v) is 5.41. The molecule has 4 heterocycles. The molecule has 2 aliphatic rings. The van der Waals surface area contributed by atoms with Crippen LogP contribution in [-0.4, -0.2) is 70.0 Å². The van der Waals surface area contributed by atoms with E-state index in [1.165, 1.54) is 0 Å². The maximum atomic E-state index is 10.3. The van der Waals surface area contributed by atoms with E-state index in [4.69, 9.17) is 0 Å². The van der Waals surface area contributed by atoms with Crippen molar-refractivity contribution in [1.82, 2.24) is 25.2 Å². The first-order valence-corrected chi connectivity index (χ1v) is 9.07. The van der Waals surface area contributed by atoms with Gasteiger partial charge in [-0.1, -0.05) is 6.92 Å². The van der Waals surface area contributed by atoms with E-state index >= 15 is 0 Å². The summed E-state index contributed by atoms with van der Waals surface area (Å²) in [6.45, 7) is 5.14. The summed E-state index contributed by atoms with van der Waals surface area (Å²) in [5, 5.41) is 14.0. The third-order valence-electron chi connectivity index (χ3n) is 5.41. The Morgan fingerprint density at radius 1 is 1.16 bits per heavy atom. The molecule has 4 atom stereocenters. The first-order chi connectivity index (χ1) is 12.1. The lowest BCUT2D eigenvalue weighted by Gasteiger charge is -2.40. The van der Waals surface area contributed by atoms with Crippen molar-refractivity contribution in [3.8, 4) is 0 Å². The van der Waals surface area contributed by atoms with Gasteiger partial charge in [0, 0.05) is 50.3 Å². The topological polar surface area (TPSA) is 77.4 Å². The predicted molar refractivity (Wildman–Crippen MR) is 97.3 cm³/mol. The number of aliphatic hydroxyl groups is 1. The summed E-state index contributed by atoms with van der Waals surface area (Å²) >= 11 is 0. The molecule has 2 aromatic rings. The molecule has 134 valence electrons. The monoisotopic (exact) mass is 342 g/mol. The molecule has 2 aliphatic heterocycles. The second-order valence-electron chi connectivity index (χ2n) is 7.46. The van der Waals surface area contributed by atoms with Crippen LogP contribution >= 0.6 is 0 Å². The number of aliphatic hydroxyl groups excluding tert-OH is 1. The fourth-order valence-electron chi connectivity index (χ4n) is 4.19. The number of piperidine rings is 1. The number of nitrogens with one attached hydrogen (secondary N) is 1. The number of pyridine rings is 1. The highest BCUT2D eigenvalue weighted by Gasteiger charge is 2.34. The van der Waals surface area contributed by atoms with Crippen LogP contribution in [0.5, 0.6) is 0 Å². The van der Waals surface area contributed by atoms with E-state index in [1.807, 2.05) is 24.2 Å². The number of rotatable bonds is 3. The van der Waals surface area contributed by atoms with Crippen LogP contribution in [0.1, 0.15) is 19.8 Å². The number of fused-ring (bicyclic) bond motifs is 1. The molecule has 7 heteroatoms. The zero-order chi connectivity index (χ0) is 17.4. The normalized spacial score (nSPS) is 30.9. The van der Waals surface area contributed by atoms with Gasteiger partial charge in [0.1, 0.15) is 11.7 Å². The number of likely N-dealkylation sites (N-methyl/N-ethyl adjacent to an activating group) is 1. The second kappa shape index (κ2) is 6.82. The SMILES string of the molecule is C[C@H]1C[C@@H](NC2CCN(C)C2O)CN(c2ccnc3nccnc23)C1. The van der Waals surface area contributed by atoms with Crippen molar-refractivity contribution in [2.75, 3.05) is 31.6 Å². The van der Waals surface area contributed by atoms with Gasteiger partial charge in [-0.3, -0.25) is 4.90 Å². The van der Waals surface area contributed by atoms with E-state index in [2.05, 4.69) is 32.1 Å². The third kappa shape index (κ3) is 3.31. The van der Waals surface area contributed by atoms with Gasteiger partial charge in [0.15, 0.2) is 5.65 Å². The van der Waals surface area contributed by atoms with Crippen molar-refractivity contribution in [3.05, 3.63) is 24.7 Å². The standard InChI is InChI=1S/C18H26N6O/c1-12-9-13(22-14-4-8-23(2)18(14)25)11-24(10-12)15-3-5-20-17-16(15)19-6-7-21-17/h3,5-7,12-14,18,22,25H,4,8-11H2,1-2H3/t12-,13+,14?,18?/m0/s1. The molecule has 4 rings (SSSR count). The van der Waals surface area contributed by atoms with Crippen LogP contribution in [0, 0.1) is 5.92 Å². The second-order valence-corrected chi connectivity index (χ2v) is 7.46. The van der Waals surface area contributed by atoms with Gasteiger partial charge >= 0.3 is 0 Å². The highest BCUT2D eigenvalue weighted by atomic mass is 16.3. The molecule has 25 heavy (non-hydrogen) atoms. The number of likely N-dealkylation sites (tertiary alicyclic amines) is 1. The van der Waals surface area contributed by atoms with Crippen LogP contribution in [0.25, 0.3) is 11.2 Å². The molecule has 0 bridgehead atoms. The lowest BCUT2D eigenvalue weighted by molar-refractivity contribution is 0.0330. The van der Waals surface area contributed by atoms with Gasteiger partial charge in [0.05, 0.1) is 5.69 Å². The Hall–Kier alpha value is -1.83. The molecule has 2 fully saturated rings. The minimum Gasteiger partial charge on any atom is -0.377 e. The molecule has 2 unspecified atom stereocenters. The van der Waals surface area contributed by atoms with Crippen LogP contribution in [0.2, 0.25) is 0 Å². The number of aromatic nitrogens is 3. The molecule has 0 saturated carbocycles. The van der Waals surface area contributed by atoms with Gasteiger partial charge in [0.25, 0.3) is 0 Å². The largest absolute Gasteiger partial charge is 0.377 e. The Kier molecular flexibility index (Phi) is 4.54. The number of nitrogens with zero attached hydrogens (tertiary/aromatic N) is 5. The highest BCUT2D eigenvalue weighted by Crippen LogP contribution is 2.28. The zero-order valence-electron chi connectivity index (χ0n) is 14.8. The summed E-state index contributed by atoms with van der Waals surface area (Å²) < 4.78 is 0. The van der Waals surface area contributed by atoms with Gasteiger partial charge in [0.2, 0.25) is 0 Å². The number of hydrogen-bond donors (Lipinski definition) is 2. The van der Waals surface area contributed by atoms with E-state index in [9.17, 15) is 5.11 Å². The van der Waals surface area contributed by atoms with Gasteiger partial charge < -0.3 is 15.3 Å². The summed E-state index contributed by atoms with van der Waals surface area (Å²) in [5.74, 6) is 0.572. The van der Waals surface area contributed by atoms with Crippen molar-refractivity contribution in [2.45, 2.75) is 38.1 Å².